The average molecular weight is 302 g/mol. The van der Waals surface area contributed by atoms with Crippen LogP contribution in [0.15, 0.2) is 12.4 Å². The Bertz CT molecular complexity index is 547. The van der Waals surface area contributed by atoms with Crippen LogP contribution < -0.4 is 5.32 Å². The maximum absolute atomic E-state index is 13.7. The maximum Gasteiger partial charge on any atom is 0.215 e. The van der Waals surface area contributed by atoms with Gasteiger partial charge in [-0.25, -0.2) is 4.68 Å². The Labute approximate surface area is 124 Å². The van der Waals surface area contributed by atoms with Crippen LogP contribution in [0.5, 0.6) is 0 Å². The Morgan fingerprint density at radius 1 is 1.20 bits per heavy atom. The van der Waals surface area contributed by atoms with Gasteiger partial charge in [0.2, 0.25) is 5.95 Å². The summed E-state index contributed by atoms with van der Waals surface area (Å²) >= 11 is 0. The standard InChI is InChI=1S/C13H20FN5.ClH/c1-4-18-9-12(10(3)17-18)7-15-6-11-8-16-19(5-2)13(11)14;/h8-9,15H,4-7H2,1-3H3;1H. The molecule has 0 saturated carbocycles. The fourth-order valence-corrected chi connectivity index (χ4v) is 1.97. The third-order valence-electron chi connectivity index (χ3n) is 3.15. The number of nitrogens with one attached hydrogen (secondary N) is 1. The molecule has 0 aromatic carbocycles. The summed E-state index contributed by atoms with van der Waals surface area (Å²) in [6.07, 6.45) is 3.60. The highest BCUT2D eigenvalue weighted by Gasteiger charge is 2.09. The van der Waals surface area contributed by atoms with Crippen LogP contribution >= 0.6 is 12.4 Å². The summed E-state index contributed by atoms with van der Waals surface area (Å²) in [4.78, 5) is 0. The van der Waals surface area contributed by atoms with Crippen LogP contribution in [0.25, 0.3) is 0 Å². The highest BCUT2D eigenvalue weighted by atomic mass is 35.5. The van der Waals surface area contributed by atoms with E-state index >= 15 is 0 Å². The Morgan fingerprint density at radius 3 is 2.45 bits per heavy atom. The Morgan fingerprint density at radius 2 is 1.90 bits per heavy atom. The third-order valence-corrected chi connectivity index (χ3v) is 3.15. The molecule has 0 aliphatic carbocycles. The van der Waals surface area contributed by atoms with E-state index in [1.54, 1.807) is 6.20 Å². The summed E-state index contributed by atoms with van der Waals surface area (Å²) in [5, 5.41) is 11.6. The van der Waals surface area contributed by atoms with Gasteiger partial charge >= 0.3 is 0 Å². The van der Waals surface area contributed by atoms with E-state index < -0.39 is 0 Å². The van der Waals surface area contributed by atoms with Gasteiger partial charge in [0.15, 0.2) is 0 Å². The van der Waals surface area contributed by atoms with Gasteiger partial charge in [0.05, 0.1) is 11.9 Å². The first-order valence-electron chi connectivity index (χ1n) is 6.59. The Kier molecular flexibility index (Phi) is 6.16. The molecule has 2 heterocycles. The third kappa shape index (κ3) is 3.58. The molecule has 112 valence electrons. The van der Waals surface area contributed by atoms with Gasteiger partial charge in [-0.3, -0.25) is 4.68 Å². The molecular formula is C13H21ClFN5. The van der Waals surface area contributed by atoms with Crippen molar-refractivity contribution in [3.8, 4) is 0 Å². The van der Waals surface area contributed by atoms with E-state index in [4.69, 9.17) is 0 Å². The monoisotopic (exact) mass is 301 g/mol. The van der Waals surface area contributed by atoms with Crippen molar-refractivity contribution in [1.82, 2.24) is 24.9 Å². The van der Waals surface area contributed by atoms with Crippen molar-refractivity contribution < 1.29 is 4.39 Å². The zero-order valence-electron chi connectivity index (χ0n) is 12.1. The lowest BCUT2D eigenvalue weighted by Gasteiger charge is -2.02. The molecule has 2 aromatic rings. The first-order chi connectivity index (χ1) is 9.15. The van der Waals surface area contributed by atoms with Crippen LogP contribution in [0.2, 0.25) is 0 Å². The molecule has 0 fully saturated rings. The first kappa shape index (κ1) is 16.7. The summed E-state index contributed by atoms with van der Waals surface area (Å²) in [5.74, 6) is -0.254. The lowest BCUT2D eigenvalue weighted by molar-refractivity contribution is 0.460. The normalized spacial score (nSPS) is 10.6. The average Bonchev–Trinajstić information content (AvgIpc) is 2.94. The van der Waals surface area contributed by atoms with Gasteiger partial charge in [-0.2, -0.15) is 14.6 Å². The van der Waals surface area contributed by atoms with Crippen LogP contribution in [0.3, 0.4) is 0 Å². The molecule has 0 radical (unpaired) electrons. The van der Waals surface area contributed by atoms with E-state index in [1.165, 1.54) is 4.68 Å². The minimum absolute atomic E-state index is 0. The molecule has 1 N–H and O–H groups in total. The lowest BCUT2D eigenvalue weighted by Crippen LogP contribution is -2.14. The fraction of sp³-hybridized carbons (Fsp3) is 0.538. The molecule has 7 heteroatoms. The molecule has 2 aromatic heterocycles. The predicted molar refractivity (Wildman–Crippen MR) is 78.3 cm³/mol. The van der Waals surface area contributed by atoms with Crippen molar-refractivity contribution in [2.24, 2.45) is 0 Å². The molecule has 0 unspecified atom stereocenters. The summed E-state index contributed by atoms with van der Waals surface area (Å²) < 4.78 is 17.0. The van der Waals surface area contributed by atoms with Crippen molar-refractivity contribution in [2.75, 3.05) is 0 Å². The minimum Gasteiger partial charge on any atom is -0.308 e. The minimum atomic E-state index is -0.254. The molecule has 0 spiro atoms. The Balaban J connectivity index is 0.00000200. The van der Waals surface area contributed by atoms with E-state index in [2.05, 4.69) is 22.4 Å². The largest absolute Gasteiger partial charge is 0.308 e. The van der Waals surface area contributed by atoms with Crippen molar-refractivity contribution in [1.29, 1.82) is 0 Å². The van der Waals surface area contributed by atoms with Crippen molar-refractivity contribution in [3.05, 3.63) is 35.2 Å². The van der Waals surface area contributed by atoms with E-state index in [9.17, 15) is 4.39 Å². The van der Waals surface area contributed by atoms with Crippen LogP contribution in [-0.4, -0.2) is 19.6 Å². The van der Waals surface area contributed by atoms with Gasteiger partial charge in [0, 0.05) is 43.5 Å². The summed E-state index contributed by atoms with van der Waals surface area (Å²) in [6, 6.07) is 0. The van der Waals surface area contributed by atoms with Crippen LogP contribution in [-0.2, 0) is 26.2 Å². The zero-order valence-corrected chi connectivity index (χ0v) is 12.9. The summed E-state index contributed by atoms with van der Waals surface area (Å²) in [7, 11) is 0. The number of nitrogens with zero attached hydrogens (tertiary/aromatic N) is 4. The number of hydrogen-bond donors (Lipinski definition) is 1. The fourth-order valence-electron chi connectivity index (χ4n) is 1.97. The topological polar surface area (TPSA) is 47.7 Å². The number of halogens is 2. The Hall–Kier alpha value is -1.40. The molecule has 0 aliphatic heterocycles. The number of rotatable bonds is 6. The quantitative estimate of drug-likeness (QED) is 0.890. The van der Waals surface area contributed by atoms with Gasteiger partial charge < -0.3 is 5.32 Å². The smallest absolute Gasteiger partial charge is 0.215 e. The predicted octanol–water partition coefficient (Wildman–Crippen LogP) is 2.28. The molecule has 0 saturated heterocycles. The number of aromatic nitrogens is 4. The number of hydrogen-bond acceptors (Lipinski definition) is 3. The molecule has 0 amide bonds. The van der Waals surface area contributed by atoms with E-state index in [0.717, 1.165) is 17.8 Å². The van der Waals surface area contributed by atoms with Crippen LogP contribution in [0.4, 0.5) is 4.39 Å². The van der Waals surface area contributed by atoms with Gasteiger partial charge in [-0.05, 0) is 20.8 Å². The van der Waals surface area contributed by atoms with Gasteiger partial charge in [0.25, 0.3) is 0 Å². The first-order valence-corrected chi connectivity index (χ1v) is 6.59. The second kappa shape index (κ2) is 7.40. The molecule has 2 rings (SSSR count). The second-order valence-corrected chi connectivity index (χ2v) is 4.48. The van der Waals surface area contributed by atoms with Gasteiger partial charge in [-0.15, -0.1) is 12.4 Å². The molecule has 0 bridgehead atoms. The SMILES string of the molecule is CCn1cc(CNCc2cnn(CC)c2F)c(C)n1.Cl. The van der Waals surface area contributed by atoms with Crippen molar-refractivity contribution in [3.63, 3.8) is 0 Å². The molecular weight excluding hydrogens is 281 g/mol. The maximum atomic E-state index is 13.7. The zero-order chi connectivity index (χ0) is 13.8. The summed E-state index contributed by atoms with van der Waals surface area (Å²) in [5.41, 5.74) is 2.76. The highest BCUT2D eigenvalue weighted by Crippen LogP contribution is 2.08. The van der Waals surface area contributed by atoms with E-state index in [-0.39, 0.29) is 18.4 Å². The van der Waals surface area contributed by atoms with E-state index in [1.807, 2.05) is 24.7 Å². The summed E-state index contributed by atoms with van der Waals surface area (Å²) in [6.45, 7) is 8.48. The van der Waals surface area contributed by atoms with Gasteiger partial charge in [-0.1, -0.05) is 0 Å². The molecule has 0 atom stereocenters. The second-order valence-electron chi connectivity index (χ2n) is 4.48. The van der Waals surface area contributed by atoms with E-state index in [0.29, 0.717) is 25.2 Å². The van der Waals surface area contributed by atoms with Crippen LogP contribution in [0, 0.1) is 12.9 Å². The van der Waals surface area contributed by atoms with Crippen LogP contribution in [0.1, 0.15) is 30.7 Å². The highest BCUT2D eigenvalue weighted by molar-refractivity contribution is 5.85. The molecule has 5 nitrogen and oxygen atoms in total. The molecule has 0 aliphatic rings. The number of aryl methyl sites for hydroxylation is 3. The van der Waals surface area contributed by atoms with Crippen molar-refractivity contribution in [2.45, 2.75) is 47.0 Å². The lowest BCUT2D eigenvalue weighted by atomic mass is 10.2. The van der Waals surface area contributed by atoms with Gasteiger partial charge in [0.1, 0.15) is 0 Å². The molecule has 20 heavy (non-hydrogen) atoms. The van der Waals surface area contributed by atoms with Crippen molar-refractivity contribution >= 4 is 12.4 Å².